The van der Waals surface area contributed by atoms with Crippen LogP contribution in [0, 0.1) is 0 Å². The molecule has 0 unspecified atom stereocenters. The first-order chi connectivity index (χ1) is 6.93. The molecule has 1 saturated carbocycles. The van der Waals surface area contributed by atoms with E-state index in [0.717, 1.165) is 12.8 Å². The monoisotopic (exact) mass is 409 g/mol. The molecule has 0 amide bonds. The molecular formula is C9H14N2O4Pt. The summed E-state index contributed by atoms with van der Waals surface area (Å²) in [6.45, 7) is 0. The topological polar surface area (TPSA) is 128 Å². The van der Waals surface area contributed by atoms with Gasteiger partial charge in [0.25, 0.3) is 0 Å². The Hall–Kier alpha value is -0.452. The molecule has 0 aromatic carbocycles. The second-order valence-electron chi connectivity index (χ2n) is 3.42. The fourth-order valence-corrected chi connectivity index (χ4v) is 1.25. The fraction of sp³-hybridized carbons (Fsp3) is 0.778. The number of carbonyl (C=O) groups excluding carboxylic acids is 2. The molecule has 0 heterocycles. The van der Waals surface area contributed by atoms with E-state index in [4.69, 9.17) is 11.5 Å². The van der Waals surface area contributed by atoms with Gasteiger partial charge in [0.15, 0.2) is 0 Å². The predicted octanol–water partition coefficient (Wildman–Crippen LogP) is -0.724. The third kappa shape index (κ3) is 10.1. The van der Waals surface area contributed by atoms with Crippen molar-refractivity contribution in [1.29, 1.82) is 0 Å². The summed E-state index contributed by atoms with van der Waals surface area (Å²) in [5.74, 6) is -3.25. The van der Waals surface area contributed by atoms with Crippen molar-refractivity contribution in [1.82, 2.24) is 0 Å². The van der Waals surface area contributed by atoms with Gasteiger partial charge in [-0.25, -0.2) is 0 Å². The number of carboxylic acids is 2. The van der Waals surface area contributed by atoms with E-state index in [2.05, 4.69) is 0 Å². The van der Waals surface area contributed by atoms with Crippen molar-refractivity contribution in [3.8, 4) is 0 Å². The average molecular weight is 409 g/mol. The van der Waals surface area contributed by atoms with Crippen molar-refractivity contribution in [2.75, 3.05) is 0 Å². The first-order valence-electron chi connectivity index (χ1n) is 4.75. The molecule has 94 valence electrons. The molecule has 2 atom stereocenters. The Balaban J connectivity index is 0. The largest absolute Gasteiger partial charge is 4.00 e. The number of hydrogen-bond donors (Lipinski definition) is 0. The normalized spacial score (nSPS) is 23.4. The zero-order chi connectivity index (χ0) is 11.8. The first-order valence-corrected chi connectivity index (χ1v) is 4.75. The minimum Gasteiger partial charge on any atom is -0.676 e. The zero-order valence-electron chi connectivity index (χ0n) is 8.64. The summed E-state index contributed by atoms with van der Waals surface area (Å²) in [4.78, 5) is 18.6. The summed E-state index contributed by atoms with van der Waals surface area (Å²) < 4.78 is 0. The summed E-state index contributed by atoms with van der Waals surface area (Å²) in [5.41, 5.74) is 14.6. The fourth-order valence-electron chi connectivity index (χ4n) is 1.25. The quantitative estimate of drug-likeness (QED) is 0.557. The van der Waals surface area contributed by atoms with Gasteiger partial charge in [0.2, 0.25) is 0 Å². The van der Waals surface area contributed by atoms with Gasteiger partial charge in [-0.05, 0) is 0 Å². The summed E-state index contributed by atoms with van der Waals surface area (Å²) >= 11 is 0. The maximum Gasteiger partial charge on any atom is 4.00 e. The molecule has 0 aromatic heterocycles. The van der Waals surface area contributed by atoms with Crippen molar-refractivity contribution in [2.45, 2.75) is 44.2 Å². The first kappa shape index (κ1) is 17.9. The van der Waals surface area contributed by atoms with Crippen molar-refractivity contribution in [2.24, 2.45) is 0 Å². The molecule has 2 N–H and O–H groups in total. The van der Waals surface area contributed by atoms with Gasteiger partial charge in [-0.3, -0.25) is 0 Å². The van der Waals surface area contributed by atoms with Gasteiger partial charge in [0, 0.05) is 18.4 Å². The molecule has 1 aliphatic carbocycles. The molecule has 0 radical (unpaired) electrons. The van der Waals surface area contributed by atoms with Crippen LogP contribution in [0.5, 0.6) is 0 Å². The van der Waals surface area contributed by atoms with E-state index < -0.39 is 18.4 Å². The van der Waals surface area contributed by atoms with Crippen LogP contribution in [0.1, 0.15) is 32.1 Å². The smallest absolute Gasteiger partial charge is 0.676 e. The van der Waals surface area contributed by atoms with E-state index in [1.807, 2.05) is 0 Å². The van der Waals surface area contributed by atoms with Crippen LogP contribution in [-0.4, -0.2) is 24.0 Å². The number of nitrogens with one attached hydrogen (secondary N) is 2. The van der Waals surface area contributed by atoms with Gasteiger partial charge < -0.3 is 31.3 Å². The number of carbonyl (C=O) groups is 2. The summed E-state index contributed by atoms with van der Waals surface area (Å²) in [7, 11) is 0. The molecular weight excluding hydrogens is 395 g/mol. The van der Waals surface area contributed by atoms with E-state index in [9.17, 15) is 19.8 Å². The van der Waals surface area contributed by atoms with Gasteiger partial charge in [-0.1, -0.05) is 25.7 Å². The van der Waals surface area contributed by atoms with Gasteiger partial charge in [-0.15, -0.1) is 0 Å². The van der Waals surface area contributed by atoms with Crippen molar-refractivity contribution in [3.63, 3.8) is 0 Å². The Bertz CT molecular complexity index is 204. The Labute approximate surface area is 109 Å². The van der Waals surface area contributed by atoms with Crippen molar-refractivity contribution < 1.29 is 40.9 Å². The summed E-state index contributed by atoms with van der Waals surface area (Å²) in [6.07, 6.45) is 3.22. The van der Waals surface area contributed by atoms with E-state index in [-0.39, 0.29) is 33.1 Å². The second kappa shape index (κ2) is 9.75. The van der Waals surface area contributed by atoms with E-state index in [0.29, 0.717) is 0 Å². The maximum absolute atomic E-state index is 9.28. The van der Waals surface area contributed by atoms with Crippen LogP contribution >= 0.6 is 0 Å². The Morgan fingerprint density at radius 3 is 1.44 bits per heavy atom. The van der Waals surface area contributed by atoms with Crippen LogP contribution in [0.2, 0.25) is 0 Å². The van der Waals surface area contributed by atoms with Gasteiger partial charge in [-0.2, -0.15) is 12.1 Å². The molecule has 6 nitrogen and oxygen atoms in total. The SMILES string of the molecule is O=C([O-])CC(=O)[O-].[NH-][C@H]1CCCC[C@@H]1[NH-].[Pt+4]. The van der Waals surface area contributed by atoms with E-state index >= 15 is 0 Å². The summed E-state index contributed by atoms with van der Waals surface area (Å²) in [5, 5.41) is 18.6. The number of carboxylic acid groups (broad SMARTS) is 2. The Kier molecular flexibility index (Phi) is 10.9. The minimum atomic E-state index is -1.63. The number of aliphatic carboxylic acids is 2. The van der Waals surface area contributed by atoms with Crippen LogP contribution in [0.25, 0.3) is 11.5 Å². The van der Waals surface area contributed by atoms with Crippen molar-refractivity contribution >= 4 is 11.9 Å². The molecule has 0 aromatic rings. The van der Waals surface area contributed by atoms with Gasteiger partial charge >= 0.3 is 21.1 Å². The summed E-state index contributed by atoms with van der Waals surface area (Å²) in [6, 6.07) is -0.160. The van der Waals surface area contributed by atoms with Gasteiger partial charge in [0.05, 0.1) is 0 Å². The molecule has 1 aliphatic rings. The third-order valence-electron chi connectivity index (χ3n) is 2.05. The Morgan fingerprint density at radius 1 is 1.00 bits per heavy atom. The molecule has 1 rings (SSSR count). The molecule has 0 spiro atoms. The zero-order valence-corrected chi connectivity index (χ0v) is 10.9. The van der Waals surface area contributed by atoms with Gasteiger partial charge in [0.1, 0.15) is 0 Å². The third-order valence-corrected chi connectivity index (χ3v) is 2.05. The number of rotatable bonds is 2. The van der Waals surface area contributed by atoms with Crippen molar-refractivity contribution in [3.05, 3.63) is 11.5 Å². The average Bonchev–Trinajstić information content (AvgIpc) is 2.08. The van der Waals surface area contributed by atoms with E-state index in [1.165, 1.54) is 12.8 Å². The van der Waals surface area contributed by atoms with Crippen LogP contribution in [-0.2, 0) is 30.7 Å². The van der Waals surface area contributed by atoms with E-state index in [1.54, 1.807) is 0 Å². The molecule has 16 heavy (non-hydrogen) atoms. The molecule has 1 fully saturated rings. The molecule has 0 bridgehead atoms. The Morgan fingerprint density at radius 2 is 1.31 bits per heavy atom. The minimum absolute atomic E-state index is 0. The maximum atomic E-state index is 9.28. The predicted molar refractivity (Wildman–Crippen MR) is 49.3 cm³/mol. The number of hydrogen-bond acceptors (Lipinski definition) is 4. The van der Waals surface area contributed by atoms with Crippen LogP contribution in [0.4, 0.5) is 0 Å². The second-order valence-corrected chi connectivity index (χ2v) is 3.42. The van der Waals surface area contributed by atoms with Crippen LogP contribution in [0.3, 0.4) is 0 Å². The van der Waals surface area contributed by atoms with Crippen LogP contribution in [0.15, 0.2) is 0 Å². The molecule has 0 aliphatic heterocycles. The standard InChI is InChI=1S/C6H12N2.C3H4O4.Pt/c7-5-3-1-2-4-6(5)8;4-2(5)1-3(6)7;/h5-8H,1-4H2;1H2,(H,4,5)(H,6,7);/q-2;;+4/p-2/t5-,6-;;/m0../s1. The van der Waals surface area contributed by atoms with Crippen LogP contribution < -0.4 is 10.2 Å². The molecule has 7 heteroatoms. The molecule has 0 saturated heterocycles.